The molecule has 0 N–H and O–H groups in total. The SMILES string of the molecule is COc1ccnc(CN(C)Cc2cnn(C(C)C)c2)c1OC. The largest absolute Gasteiger partial charge is 0.493 e. The molecule has 2 rings (SSSR count). The number of pyridine rings is 1. The number of hydrogen-bond donors (Lipinski definition) is 0. The molecule has 6 nitrogen and oxygen atoms in total. The van der Waals surface area contributed by atoms with Crippen LogP contribution in [0.4, 0.5) is 0 Å². The van der Waals surface area contributed by atoms with E-state index in [1.165, 1.54) is 5.56 Å². The molecule has 0 amide bonds. The second-order valence-electron chi connectivity index (χ2n) is 5.59. The predicted octanol–water partition coefficient (Wildman–Crippen LogP) is 2.51. The number of nitrogens with zero attached hydrogens (tertiary/aromatic N) is 4. The van der Waals surface area contributed by atoms with E-state index in [0.29, 0.717) is 24.1 Å². The van der Waals surface area contributed by atoms with E-state index in [-0.39, 0.29) is 0 Å². The highest BCUT2D eigenvalue weighted by molar-refractivity contribution is 5.42. The zero-order valence-electron chi connectivity index (χ0n) is 13.9. The van der Waals surface area contributed by atoms with E-state index < -0.39 is 0 Å². The smallest absolute Gasteiger partial charge is 0.183 e. The number of hydrogen-bond acceptors (Lipinski definition) is 5. The van der Waals surface area contributed by atoms with Gasteiger partial charge in [0.05, 0.1) is 20.4 Å². The minimum absolute atomic E-state index is 0.374. The van der Waals surface area contributed by atoms with Crippen molar-refractivity contribution in [1.29, 1.82) is 0 Å². The average molecular weight is 304 g/mol. The first-order chi connectivity index (χ1) is 10.5. The fourth-order valence-corrected chi connectivity index (χ4v) is 2.33. The minimum atomic E-state index is 0.374. The van der Waals surface area contributed by atoms with Crippen LogP contribution in [0.15, 0.2) is 24.7 Å². The molecule has 0 fully saturated rings. The summed E-state index contributed by atoms with van der Waals surface area (Å²) in [6.45, 7) is 5.71. The van der Waals surface area contributed by atoms with Crippen LogP contribution < -0.4 is 9.47 Å². The Morgan fingerprint density at radius 3 is 2.59 bits per heavy atom. The van der Waals surface area contributed by atoms with Crippen LogP contribution in [0.5, 0.6) is 11.5 Å². The Balaban J connectivity index is 2.06. The van der Waals surface area contributed by atoms with Gasteiger partial charge in [-0.25, -0.2) is 0 Å². The van der Waals surface area contributed by atoms with Crippen LogP contribution in [0, 0.1) is 0 Å². The minimum Gasteiger partial charge on any atom is -0.493 e. The van der Waals surface area contributed by atoms with Gasteiger partial charge < -0.3 is 9.47 Å². The van der Waals surface area contributed by atoms with Crippen molar-refractivity contribution in [2.45, 2.75) is 33.0 Å². The van der Waals surface area contributed by atoms with Crippen LogP contribution in [-0.2, 0) is 13.1 Å². The zero-order chi connectivity index (χ0) is 16.1. The molecule has 6 heteroatoms. The molecule has 0 aliphatic rings. The van der Waals surface area contributed by atoms with E-state index in [9.17, 15) is 0 Å². The van der Waals surface area contributed by atoms with Crippen molar-refractivity contribution in [2.24, 2.45) is 0 Å². The highest BCUT2D eigenvalue weighted by Gasteiger charge is 2.13. The summed E-state index contributed by atoms with van der Waals surface area (Å²) >= 11 is 0. The zero-order valence-corrected chi connectivity index (χ0v) is 13.9. The Hall–Kier alpha value is -2.08. The van der Waals surface area contributed by atoms with Crippen LogP contribution in [0.1, 0.15) is 31.1 Å². The summed E-state index contributed by atoms with van der Waals surface area (Å²) < 4.78 is 12.7. The lowest BCUT2D eigenvalue weighted by Gasteiger charge is -2.18. The summed E-state index contributed by atoms with van der Waals surface area (Å²) in [6.07, 6.45) is 5.73. The van der Waals surface area contributed by atoms with Gasteiger partial charge in [-0.15, -0.1) is 0 Å². The second-order valence-corrected chi connectivity index (χ2v) is 5.59. The lowest BCUT2D eigenvalue weighted by Crippen LogP contribution is -2.18. The van der Waals surface area contributed by atoms with Crippen LogP contribution in [0.2, 0.25) is 0 Å². The first-order valence-corrected chi connectivity index (χ1v) is 7.32. The Labute approximate surface area is 131 Å². The molecule has 120 valence electrons. The molecular formula is C16H24N4O2. The van der Waals surface area contributed by atoms with E-state index in [4.69, 9.17) is 9.47 Å². The van der Waals surface area contributed by atoms with Crippen LogP contribution in [0.3, 0.4) is 0 Å². The maximum absolute atomic E-state index is 5.42. The maximum Gasteiger partial charge on any atom is 0.183 e. The topological polar surface area (TPSA) is 52.4 Å². The summed E-state index contributed by atoms with van der Waals surface area (Å²) in [7, 11) is 5.31. The van der Waals surface area contributed by atoms with E-state index in [1.54, 1.807) is 26.5 Å². The van der Waals surface area contributed by atoms with Crippen molar-refractivity contribution in [3.63, 3.8) is 0 Å². The van der Waals surface area contributed by atoms with Gasteiger partial charge >= 0.3 is 0 Å². The van der Waals surface area contributed by atoms with Gasteiger partial charge in [-0.05, 0) is 20.9 Å². The monoisotopic (exact) mass is 304 g/mol. The van der Waals surface area contributed by atoms with Crippen LogP contribution in [0.25, 0.3) is 0 Å². The molecule has 0 aliphatic carbocycles. The fourth-order valence-electron chi connectivity index (χ4n) is 2.33. The normalized spacial score (nSPS) is 11.2. The molecule has 22 heavy (non-hydrogen) atoms. The van der Waals surface area contributed by atoms with Crippen molar-refractivity contribution in [3.05, 3.63) is 35.9 Å². The van der Waals surface area contributed by atoms with Gasteiger partial charge in [0.15, 0.2) is 11.5 Å². The number of rotatable bonds is 7. The molecule has 0 bridgehead atoms. The lowest BCUT2D eigenvalue weighted by molar-refractivity contribution is 0.298. The van der Waals surface area contributed by atoms with E-state index in [1.807, 2.05) is 17.9 Å². The predicted molar refractivity (Wildman–Crippen MR) is 85.1 cm³/mol. The second kappa shape index (κ2) is 7.26. The van der Waals surface area contributed by atoms with Crippen molar-refractivity contribution in [2.75, 3.05) is 21.3 Å². The highest BCUT2D eigenvalue weighted by Crippen LogP contribution is 2.29. The first-order valence-electron chi connectivity index (χ1n) is 7.32. The third-order valence-corrected chi connectivity index (χ3v) is 3.42. The Morgan fingerprint density at radius 1 is 1.23 bits per heavy atom. The van der Waals surface area contributed by atoms with Gasteiger partial charge in [-0.3, -0.25) is 14.6 Å². The number of aromatic nitrogens is 3. The highest BCUT2D eigenvalue weighted by atomic mass is 16.5. The summed E-state index contributed by atoms with van der Waals surface area (Å²) in [6, 6.07) is 2.17. The van der Waals surface area contributed by atoms with Crippen molar-refractivity contribution in [1.82, 2.24) is 19.7 Å². The van der Waals surface area contributed by atoms with Gasteiger partial charge in [0.2, 0.25) is 0 Å². The molecule has 2 aromatic heterocycles. The Bertz CT molecular complexity index is 610. The lowest BCUT2D eigenvalue weighted by atomic mass is 10.2. The Kier molecular flexibility index (Phi) is 5.38. The molecule has 0 atom stereocenters. The van der Waals surface area contributed by atoms with Gasteiger partial charge in [0.25, 0.3) is 0 Å². The standard InChI is InChI=1S/C16H24N4O2/c1-12(2)20-10-13(8-18-20)9-19(3)11-14-16(22-5)15(21-4)6-7-17-14/h6-8,10,12H,9,11H2,1-5H3. The van der Waals surface area contributed by atoms with E-state index >= 15 is 0 Å². The van der Waals surface area contributed by atoms with Gasteiger partial charge in [0.1, 0.15) is 5.69 Å². The summed E-state index contributed by atoms with van der Waals surface area (Å²) in [5, 5.41) is 4.37. The molecule has 2 aromatic rings. The molecule has 0 saturated heterocycles. The van der Waals surface area contributed by atoms with Crippen LogP contribution >= 0.6 is 0 Å². The van der Waals surface area contributed by atoms with Gasteiger partial charge in [0, 0.05) is 43.2 Å². The third-order valence-electron chi connectivity index (χ3n) is 3.42. The number of ether oxygens (including phenoxy) is 2. The first kappa shape index (κ1) is 16.3. The van der Waals surface area contributed by atoms with E-state index in [2.05, 4.69) is 35.0 Å². The van der Waals surface area contributed by atoms with Crippen molar-refractivity contribution >= 4 is 0 Å². The van der Waals surface area contributed by atoms with E-state index in [0.717, 1.165) is 12.2 Å². The third kappa shape index (κ3) is 3.76. The van der Waals surface area contributed by atoms with Gasteiger partial charge in [-0.2, -0.15) is 5.10 Å². The average Bonchev–Trinajstić information content (AvgIpc) is 2.95. The molecule has 0 aliphatic heterocycles. The molecule has 0 saturated carbocycles. The fraction of sp³-hybridized carbons (Fsp3) is 0.500. The quantitative estimate of drug-likeness (QED) is 0.786. The molecule has 0 aromatic carbocycles. The molecule has 0 radical (unpaired) electrons. The molecule has 0 unspecified atom stereocenters. The summed E-state index contributed by atoms with van der Waals surface area (Å²) in [5.41, 5.74) is 2.04. The number of methoxy groups -OCH3 is 2. The molecule has 2 heterocycles. The summed E-state index contributed by atoms with van der Waals surface area (Å²) in [4.78, 5) is 6.58. The molecule has 0 spiro atoms. The summed E-state index contributed by atoms with van der Waals surface area (Å²) in [5.74, 6) is 1.39. The van der Waals surface area contributed by atoms with Crippen molar-refractivity contribution < 1.29 is 9.47 Å². The van der Waals surface area contributed by atoms with Crippen LogP contribution in [-0.4, -0.2) is 40.9 Å². The van der Waals surface area contributed by atoms with Gasteiger partial charge in [-0.1, -0.05) is 0 Å². The maximum atomic E-state index is 5.42. The van der Waals surface area contributed by atoms with Crippen molar-refractivity contribution in [3.8, 4) is 11.5 Å². The molecular weight excluding hydrogens is 280 g/mol. The Morgan fingerprint density at radius 2 is 2.00 bits per heavy atom.